The Balaban J connectivity index is 3.09. The molecule has 2 N–H and O–H groups in total. The van der Waals surface area contributed by atoms with E-state index in [0.29, 0.717) is 12.6 Å². The van der Waals surface area contributed by atoms with E-state index in [-0.39, 0.29) is 23.9 Å². The van der Waals surface area contributed by atoms with Gasteiger partial charge in [0.1, 0.15) is 0 Å². The van der Waals surface area contributed by atoms with Crippen molar-refractivity contribution in [3.05, 3.63) is 29.8 Å². The van der Waals surface area contributed by atoms with E-state index < -0.39 is 21.7 Å². The SMILES string of the molecule is CCN(CC(C)CN)S(=O)(=O)c1ccc(F)c(F)c1. The zero-order valence-electron chi connectivity index (χ0n) is 10.9. The zero-order valence-corrected chi connectivity index (χ0v) is 11.8. The lowest BCUT2D eigenvalue weighted by Crippen LogP contribution is -2.36. The van der Waals surface area contributed by atoms with E-state index in [1.54, 1.807) is 6.92 Å². The van der Waals surface area contributed by atoms with Crippen molar-refractivity contribution in [1.82, 2.24) is 4.31 Å². The molecule has 0 spiro atoms. The van der Waals surface area contributed by atoms with Crippen molar-refractivity contribution in [3.63, 3.8) is 0 Å². The standard InChI is InChI=1S/C12H18F2N2O2S/c1-3-16(8-9(2)7-15)19(17,18)10-4-5-11(13)12(14)6-10/h4-6,9H,3,7-8,15H2,1-2H3. The highest BCUT2D eigenvalue weighted by atomic mass is 32.2. The van der Waals surface area contributed by atoms with Crippen molar-refractivity contribution >= 4 is 10.0 Å². The van der Waals surface area contributed by atoms with Crippen LogP contribution in [0.1, 0.15) is 13.8 Å². The summed E-state index contributed by atoms with van der Waals surface area (Å²) < 4.78 is 51.7. The summed E-state index contributed by atoms with van der Waals surface area (Å²) >= 11 is 0. The highest BCUT2D eigenvalue weighted by molar-refractivity contribution is 7.89. The number of nitrogens with zero attached hydrogens (tertiary/aromatic N) is 1. The van der Waals surface area contributed by atoms with Gasteiger partial charge in [0.2, 0.25) is 10.0 Å². The van der Waals surface area contributed by atoms with E-state index in [4.69, 9.17) is 5.73 Å². The van der Waals surface area contributed by atoms with Crippen LogP contribution in [0, 0.1) is 17.6 Å². The fraction of sp³-hybridized carbons (Fsp3) is 0.500. The third-order valence-electron chi connectivity index (χ3n) is 2.80. The minimum atomic E-state index is -3.82. The van der Waals surface area contributed by atoms with Gasteiger partial charge in [-0.2, -0.15) is 4.31 Å². The van der Waals surface area contributed by atoms with Crippen LogP contribution in [-0.4, -0.2) is 32.4 Å². The van der Waals surface area contributed by atoms with Crippen molar-refractivity contribution in [1.29, 1.82) is 0 Å². The Labute approximate surface area is 112 Å². The van der Waals surface area contributed by atoms with Crippen LogP contribution in [0.25, 0.3) is 0 Å². The minimum Gasteiger partial charge on any atom is -0.330 e. The van der Waals surface area contributed by atoms with Crippen molar-refractivity contribution in [3.8, 4) is 0 Å². The number of hydrogen-bond donors (Lipinski definition) is 1. The molecule has 108 valence electrons. The van der Waals surface area contributed by atoms with Gasteiger partial charge in [-0.25, -0.2) is 17.2 Å². The average molecular weight is 292 g/mol. The van der Waals surface area contributed by atoms with Gasteiger partial charge >= 0.3 is 0 Å². The number of halogens is 2. The summed E-state index contributed by atoms with van der Waals surface area (Å²) in [5, 5.41) is 0. The van der Waals surface area contributed by atoms with Gasteiger partial charge in [-0.3, -0.25) is 0 Å². The molecule has 0 bridgehead atoms. The van der Waals surface area contributed by atoms with Gasteiger partial charge in [0.15, 0.2) is 11.6 Å². The molecule has 4 nitrogen and oxygen atoms in total. The molecular formula is C12H18F2N2O2S. The molecular weight excluding hydrogens is 274 g/mol. The second-order valence-electron chi connectivity index (χ2n) is 4.37. The summed E-state index contributed by atoms with van der Waals surface area (Å²) in [5.41, 5.74) is 5.47. The molecule has 0 aromatic heterocycles. The third kappa shape index (κ3) is 3.71. The fourth-order valence-electron chi connectivity index (χ4n) is 1.61. The second kappa shape index (κ2) is 6.40. The molecule has 19 heavy (non-hydrogen) atoms. The molecule has 0 saturated carbocycles. The fourth-order valence-corrected chi connectivity index (χ4v) is 3.19. The summed E-state index contributed by atoms with van der Waals surface area (Å²) in [4.78, 5) is -0.252. The highest BCUT2D eigenvalue weighted by Gasteiger charge is 2.25. The number of hydrogen-bond acceptors (Lipinski definition) is 3. The molecule has 0 radical (unpaired) electrons. The van der Waals surface area contributed by atoms with Crippen molar-refractivity contribution in [2.75, 3.05) is 19.6 Å². The number of rotatable bonds is 6. The summed E-state index contributed by atoms with van der Waals surface area (Å²) in [5.74, 6) is -2.26. The Bertz CT molecular complexity index is 535. The molecule has 0 amide bonds. The monoisotopic (exact) mass is 292 g/mol. The lowest BCUT2D eigenvalue weighted by molar-refractivity contribution is 0.370. The van der Waals surface area contributed by atoms with Gasteiger partial charge in [0.05, 0.1) is 4.90 Å². The topological polar surface area (TPSA) is 63.4 Å². The van der Waals surface area contributed by atoms with Gasteiger partial charge < -0.3 is 5.73 Å². The third-order valence-corrected chi connectivity index (χ3v) is 4.74. The molecule has 1 unspecified atom stereocenters. The summed E-state index contributed by atoms with van der Waals surface area (Å²) in [7, 11) is -3.82. The molecule has 7 heteroatoms. The molecule has 1 aromatic rings. The first-order valence-electron chi connectivity index (χ1n) is 5.98. The molecule has 1 atom stereocenters. The number of sulfonamides is 1. The lowest BCUT2D eigenvalue weighted by Gasteiger charge is -2.23. The van der Waals surface area contributed by atoms with E-state index in [0.717, 1.165) is 12.1 Å². The Kier molecular flexibility index (Phi) is 5.39. The molecule has 0 fully saturated rings. The zero-order chi connectivity index (χ0) is 14.6. The van der Waals surface area contributed by atoms with Gasteiger partial charge in [-0.05, 0) is 30.7 Å². The van der Waals surface area contributed by atoms with Crippen LogP contribution < -0.4 is 5.73 Å². The first-order valence-corrected chi connectivity index (χ1v) is 7.42. The molecule has 0 aliphatic carbocycles. The summed E-state index contributed by atoms with van der Waals surface area (Å²) in [6, 6.07) is 2.56. The van der Waals surface area contributed by atoms with Crippen LogP contribution in [0.3, 0.4) is 0 Å². The van der Waals surface area contributed by atoms with Crippen molar-refractivity contribution in [2.45, 2.75) is 18.7 Å². The van der Waals surface area contributed by atoms with Crippen molar-refractivity contribution < 1.29 is 17.2 Å². The van der Waals surface area contributed by atoms with Crippen LogP contribution in [-0.2, 0) is 10.0 Å². The molecule has 0 aliphatic rings. The van der Waals surface area contributed by atoms with Gasteiger partial charge in [0, 0.05) is 13.1 Å². The van der Waals surface area contributed by atoms with E-state index >= 15 is 0 Å². The van der Waals surface area contributed by atoms with Crippen LogP contribution in [0.2, 0.25) is 0 Å². The van der Waals surface area contributed by atoms with E-state index in [2.05, 4.69) is 0 Å². The normalized spacial score (nSPS) is 13.8. The van der Waals surface area contributed by atoms with Crippen LogP contribution >= 0.6 is 0 Å². The maximum atomic E-state index is 13.1. The largest absolute Gasteiger partial charge is 0.330 e. The Morgan fingerprint density at radius 3 is 2.42 bits per heavy atom. The quantitative estimate of drug-likeness (QED) is 0.865. The average Bonchev–Trinajstić information content (AvgIpc) is 2.38. The number of benzene rings is 1. The predicted molar refractivity (Wildman–Crippen MR) is 69.0 cm³/mol. The molecule has 1 aromatic carbocycles. The summed E-state index contributed by atoms with van der Waals surface area (Å²) in [6.07, 6.45) is 0. The second-order valence-corrected chi connectivity index (χ2v) is 6.31. The van der Waals surface area contributed by atoms with Gasteiger partial charge in [-0.1, -0.05) is 13.8 Å². The predicted octanol–water partition coefficient (Wildman–Crippen LogP) is 1.57. The van der Waals surface area contributed by atoms with Gasteiger partial charge in [-0.15, -0.1) is 0 Å². The first kappa shape index (κ1) is 16.0. The first-order chi connectivity index (χ1) is 8.82. The smallest absolute Gasteiger partial charge is 0.243 e. The number of nitrogens with two attached hydrogens (primary N) is 1. The minimum absolute atomic E-state index is 0.0139. The summed E-state index contributed by atoms with van der Waals surface area (Å²) in [6.45, 7) is 4.34. The Morgan fingerprint density at radius 2 is 1.95 bits per heavy atom. The van der Waals surface area contributed by atoms with Crippen molar-refractivity contribution in [2.24, 2.45) is 11.7 Å². The molecule has 0 aliphatic heterocycles. The Morgan fingerprint density at radius 1 is 1.32 bits per heavy atom. The maximum absolute atomic E-state index is 13.1. The van der Waals surface area contributed by atoms with E-state index in [9.17, 15) is 17.2 Å². The molecule has 0 heterocycles. The van der Waals surface area contributed by atoms with Gasteiger partial charge in [0.25, 0.3) is 0 Å². The van der Waals surface area contributed by atoms with E-state index in [1.807, 2.05) is 6.92 Å². The van der Waals surface area contributed by atoms with Crippen LogP contribution in [0.15, 0.2) is 23.1 Å². The highest BCUT2D eigenvalue weighted by Crippen LogP contribution is 2.19. The van der Waals surface area contributed by atoms with Crippen LogP contribution in [0.5, 0.6) is 0 Å². The molecule has 0 saturated heterocycles. The lowest BCUT2D eigenvalue weighted by atomic mass is 10.2. The van der Waals surface area contributed by atoms with E-state index in [1.165, 1.54) is 4.31 Å². The maximum Gasteiger partial charge on any atom is 0.243 e. The Hall–Kier alpha value is -1.05. The molecule has 1 rings (SSSR count). The van der Waals surface area contributed by atoms with Crippen LogP contribution in [0.4, 0.5) is 8.78 Å².